The smallest absolute Gasteiger partial charge is 0.191 e. The van der Waals surface area contributed by atoms with E-state index in [1.165, 1.54) is 24.8 Å². The summed E-state index contributed by atoms with van der Waals surface area (Å²) in [7, 11) is 3.67. The molecular formula is C24H36N6O2. The fourth-order valence-electron chi connectivity index (χ4n) is 4.81. The topological polar surface area (TPSA) is 85.6 Å². The maximum Gasteiger partial charge on any atom is 0.191 e. The van der Waals surface area contributed by atoms with E-state index < -0.39 is 0 Å². The molecule has 1 aromatic heterocycles. The van der Waals surface area contributed by atoms with Crippen molar-refractivity contribution >= 4 is 5.96 Å². The van der Waals surface area contributed by atoms with Gasteiger partial charge in [-0.1, -0.05) is 18.6 Å². The minimum absolute atomic E-state index is 0.274. The van der Waals surface area contributed by atoms with E-state index in [1.807, 2.05) is 30.7 Å². The third kappa shape index (κ3) is 4.60. The number of nitrogens with zero attached hydrogens (tertiary/aromatic N) is 4. The van der Waals surface area contributed by atoms with Crippen LogP contribution in [0.25, 0.3) is 0 Å². The zero-order chi connectivity index (χ0) is 22.6. The van der Waals surface area contributed by atoms with Crippen LogP contribution in [0.3, 0.4) is 0 Å². The minimum Gasteiger partial charge on any atom is -0.497 e. The predicted octanol–water partition coefficient (Wildman–Crippen LogP) is 2.76. The lowest BCUT2D eigenvalue weighted by Crippen LogP contribution is -2.68. The van der Waals surface area contributed by atoms with E-state index >= 15 is 0 Å². The van der Waals surface area contributed by atoms with Gasteiger partial charge >= 0.3 is 0 Å². The van der Waals surface area contributed by atoms with Gasteiger partial charge in [-0.15, -0.1) is 10.2 Å². The Morgan fingerprint density at radius 2 is 2.03 bits per heavy atom. The van der Waals surface area contributed by atoms with Crippen LogP contribution in [0.2, 0.25) is 0 Å². The Kier molecular flexibility index (Phi) is 6.98. The molecule has 2 aliphatic carbocycles. The average molecular weight is 441 g/mol. The Bertz CT molecular complexity index is 919. The van der Waals surface area contributed by atoms with Gasteiger partial charge in [-0.2, -0.15) is 0 Å². The number of rotatable bonds is 9. The van der Waals surface area contributed by atoms with Crippen LogP contribution in [0.4, 0.5) is 0 Å². The van der Waals surface area contributed by atoms with Gasteiger partial charge in [-0.25, -0.2) is 4.99 Å². The Hall–Kier alpha value is -2.61. The number of aliphatic imine (C=N–C) groups is 1. The van der Waals surface area contributed by atoms with Crippen LogP contribution in [-0.4, -0.2) is 53.1 Å². The van der Waals surface area contributed by atoms with Crippen LogP contribution in [0.1, 0.15) is 49.8 Å². The molecule has 8 heteroatoms. The van der Waals surface area contributed by atoms with E-state index in [-0.39, 0.29) is 5.41 Å². The molecule has 0 radical (unpaired) electrons. The number of guanidine groups is 1. The first-order valence-electron chi connectivity index (χ1n) is 11.7. The molecule has 2 atom stereocenters. The van der Waals surface area contributed by atoms with Crippen molar-refractivity contribution in [3.63, 3.8) is 0 Å². The highest BCUT2D eigenvalue weighted by atomic mass is 16.5. The number of aromatic nitrogens is 3. The van der Waals surface area contributed by atoms with Gasteiger partial charge in [-0.05, 0) is 57.2 Å². The van der Waals surface area contributed by atoms with Gasteiger partial charge < -0.3 is 24.7 Å². The van der Waals surface area contributed by atoms with Gasteiger partial charge in [-0.3, -0.25) is 0 Å². The molecule has 8 nitrogen and oxygen atoms in total. The number of aryl methyl sites for hydroxylation is 1. The molecule has 1 aromatic carbocycles. The molecular weight excluding hydrogens is 404 g/mol. The molecule has 1 heterocycles. The van der Waals surface area contributed by atoms with Crippen molar-refractivity contribution in [1.29, 1.82) is 0 Å². The summed E-state index contributed by atoms with van der Waals surface area (Å²) in [5.41, 5.74) is 1.53. The van der Waals surface area contributed by atoms with E-state index in [9.17, 15) is 0 Å². The molecule has 2 fully saturated rings. The molecule has 32 heavy (non-hydrogen) atoms. The third-order valence-electron chi connectivity index (χ3n) is 7.17. The van der Waals surface area contributed by atoms with Gasteiger partial charge in [0.25, 0.3) is 0 Å². The predicted molar refractivity (Wildman–Crippen MR) is 125 cm³/mol. The molecule has 4 rings (SSSR count). The largest absolute Gasteiger partial charge is 0.497 e. The lowest BCUT2D eigenvalue weighted by molar-refractivity contribution is -0.168. The Balaban J connectivity index is 1.40. The summed E-state index contributed by atoms with van der Waals surface area (Å²) in [6, 6.07) is 8.62. The van der Waals surface area contributed by atoms with Crippen LogP contribution in [-0.2, 0) is 24.8 Å². The maximum absolute atomic E-state index is 6.02. The second-order valence-electron chi connectivity index (χ2n) is 8.88. The van der Waals surface area contributed by atoms with E-state index in [4.69, 9.17) is 14.5 Å². The van der Waals surface area contributed by atoms with Gasteiger partial charge in [0.05, 0.1) is 13.2 Å². The molecule has 2 aromatic rings. The summed E-state index contributed by atoms with van der Waals surface area (Å²) in [6.45, 7) is 6.11. The van der Waals surface area contributed by atoms with Crippen molar-refractivity contribution in [1.82, 2.24) is 25.4 Å². The highest BCUT2D eigenvalue weighted by Crippen LogP contribution is 2.57. The van der Waals surface area contributed by atoms with Crippen LogP contribution in [0.5, 0.6) is 5.75 Å². The quantitative estimate of drug-likeness (QED) is 0.461. The number of nitrogens with one attached hydrogen (secondary N) is 2. The molecule has 174 valence electrons. The standard InChI is InChI=1S/C24H36N6O2/c1-5-32-21-15-20(24(21)12-6-13-24)27-23(26-16-22-29-28-17(2)30(22)3)25-14-11-18-7-9-19(31-4)10-8-18/h7-10,20-21H,5-6,11-16H2,1-4H3,(H2,25,26,27). The molecule has 0 saturated heterocycles. The van der Waals surface area contributed by atoms with E-state index in [1.54, 1.807) is 7.11 Å². The summed E-state index contributed by atoms with van der Waals surface area (Å²) >= 11 is 0. The molecule has 2 N–H and O–H groups in total. The van der Waals surface area contributed by atoms with E-state index in [0.717, 1.165) is 49.4 Å². The number of hydrogen-bond donors (Lipinski definition) is 2. The second-order valence-corrected chi connectivity index (χ2v) is 8.88. The Morgan fingerprint density at radius 3 is 2.62 bits per heavy atom. The summed E-state index contributed by atoms with van der Waals surface area (Å²) in [5.74, 6) is 3.47. The number of benzene rings is 1. The molecule has 0 amide bonds. The van der Waals surface area contributed by atoms with E-state index in [2.05, 4.69) is 39.9 Å². The van der Waals surface area contributed by atoms with Crippen molar-refractivity contribution < 1.29 is 9.47 Å². The molecule has 0 bridgehead atoms. The maximum atomic E-state index is 6.02. The van der Waals surface area contributed by atoms with Crippen molar-refractivity contribution in [3.05, 3.63) is 41.5 Å². The fraction of sp³-hybridized carbons (Fsp3) is 0.625. The van der Waals surface area contributed by atoms with Crippen molar-refractivity contribution in [3.8, 4) is 5.75 Å². The first-order chi connectivity index (χ1) is 15.6. The van der Waals surface area contributed by atoms with Crippen LogP contribution in [0, 0.1) is 12.3 Å². The van der Waals surface area contributed by atoms with Gasteiger partial charge in [0, 0.05) is 31.7 Å². The van der Waals surface area contributed by atoms with Crippen molar-refractivity contribution in [2.45, 2.75) is 64.6 Å². The lowest BCUT2D eigenvalue weighted by atomic mass is 9.51. The highest BCUT2D eigenvalue weighted by Gasteiger charge is 2.59. The Morgan fingerprint density at radius 1 is 1.25 bits per heavy atom. The third-order valence-corrected chi connectivity index (χ3v) is 7.17. The minimum atomic E-state index is 0.274. The first kappa shape index (κ1) is 22.6. The van der Waals surface area contributed by atoms with E-state index in [0.29, 0.717) is 18.7 Å². The van der Waals surface area contributed by atoms with Crippen molar-refractivity contribution in [2.24, 2.45) is 17.5 Å². The van der Waals surface area contributed by atoms with Crippen molar-refractivity contribution in [2.75, 3.05) is 20.3 Å². The number of ether oxygens (including phenoxy) is 2. The van der Waals surface area contributed by atoms with Gasteiger partial charge in [0.2, 0.25) is 0 Å². The second kappa shape index (κ2) is 9.90. The molecule has 1 spiro atoms. The number of methoxy groups -OCH3 is 1. The van der Waals surface area contributed by atoms with Crippen LogP contribution < -0.4 is 15.4 Å². The van der Waals surface area contributed by atoms with Gasteiger partial charge in [0.1, 0.15) is 18.1 Å². The molecule has 2 aliphatic rings. The molecule has 2 unspecified atom stereocenters. The lowest BCUT2D eigenvalue weighted by Gasteiger charge is -2.61. The van der Waals surface area contributed by atoms with Crippen LogP contribution >= 0.6 is 0 Å². The summed E-state index contributed by atoms with van der Waals surface area (Å²) in [4.78, 5) is 4.85. The zero-order valence-corrected chi connectivity index (χ0v) is 19.7. The summed E-state index contributed by atoms with van der Waals surface area (Å²) < 4.78 is 13.3. The highest BCUT2D eigenvalue weighted by molar-refractivity contribution is 5.80. The fourth-order valence-corrected chi connectivity index (χ4v) is 4.81. The average Bonchev–Trinajstić information content (AvgIpc) is 3.07. The normalized spacial score (nSPS) is 21.7. The monoisotopic (exact) mass is 440 g/mol. The zero-order valence-electron chi connectivity index (χ0n) is 19.7. The van der Waals surface area contributed by atoms with Gasteiger partial charge in [0.15, 0.2) is 11.8 Å². The molecule has 2 saturated carbocycles. The summed E-state index contributed by atoms with van der Waals surface area (Å²) in [5, 5.41) is 15.7. The first-order valence-corrected chi connectivity index (χ1v) is 11.7. The van der Waals surface area contributed by atoms with Crippen LogP contribution in [0.15, 0.2) is 29.3 Å². The number of hydrogen-bond acceptors (Lipinski definition) is 5. The molecule has 0 aliphatic heterocycles. The summed E-state index contributed by atoms with van der Waals surface area (Å²) in [6.07, 6.45) is 6.08. The Labute approximate surface area is 190 Å². The SMILES string of the molecule is CCOC1CC(NC(=NCc2nnc(C)n2C)NCCc2ccc(OC)cc2)C12CCC2.